The number of rotatable bonds is 1. The van der Waals surface area contributed by atoms with Crippen molar-refractivity contribution in [1.82, 2.24) is 0 Å². The maximum absolute atomic E-state index is 9.69. The molecule has 1 aliphatic carbocycles. The standard InChI is InChI=1S/C11H15NO/c1-2-7-3-4-9-8(5-7)6-10(12)11(9)13/h3-5,10-11,13H,2,6,12H2,1H3. The Kier molecular flexibility index (Phi) is 2.10. The molecule has 2 rings (SSSR count). The number of hydrogen-bond acceptors (Lipinski definition) is 2. The number of nitrogens with two attached hydrogens (primary N) is 1. The van der Waals surface area contributed by atoms with Crippen LogP contribution in [-0.4, -0.2) is 11.1 Å². The summed E-state index contributed by atoms with van der Waals surface area (Å²) in [4.78, 5) is 0. The molecule has 13 heavy (non-hydrogen) atoms. The molecule has 0 aliphatic heterocycles. The second-order valence-electron chi connectivity index (χ2n) is 3.70. The fourth-order valence-electron chi connectivity index (χ4n) is 1.94. The Labute approximate surface area is 78.4 Å². The molecule has 1 aromatic rings. The van der Waals surface area contributed by atoms with Crippen LogP contribution >= 0.6 is 0 Å². The summed E-state index contributed by atoms with van der Waals surface area (Å²) in [6.45, 7) is 2.13. The van der Waals surface area contributed by atoms with Crippen molar-refractivity contribution < 1.29 is 5.11 Å². The zero-order valence-electron chi connectivity index (χ0n) is 7.83. The molecular weight excluding hydrogens is 162 g/mol. The molecule has 2 nitrogen and oxygen atoms in total. The maximum Gasteiger partial charge on any atom is 0.0946 e. The fourth-order valence-corrected chi connectivity index (χ4v) is 1.94. The Morgan fingerprint density at radius 2 is 2.31 bits per heavy atom. The largest absolute Gasteiger partial charge is 0.387 e. The van der Waals surface area contributed by atoms with Crippen molar-refractivity contribution in [2.45, 2.75) is 31.9 Å². The number of benzene rings is 1. The van der Waals surface area contributed by atoms with Gasteiger partial charge in [0.05, 0.1) is 6.10 Å². The van der Waals surface area contributed by atoms with Gasteiger partial charge in [-0.2, -0.15) is 0 Å². The number of aliphatic hydroxyl groups excluding tert-OH is 1. The average Bonchev–Trinajstić information content (AvgIpc) is 2.42. The van der Waals surface area contributed by atoms with Gasteiger partial charge in [0.2, 0.25) is 0 Å². The molecule has 0 fully saturated rings. The molecule has 70 valence electrons. The molecule has 0 bridgehead atoms. The Morgan fingerprint density at radius 3 is 3.00 bits per heavy atom. The van der Waals surface area contributed by atoms with E-state index in [0.717, 1.165) is 18.4 Å². The molecule has 2 atom stereocenters. The van der Waals surface area contributed by atoms with Crippen LogP contribution in [0.15, 0.2) is 18.2 Å². The molecule has 1 aliphatic rings. The summed E-state index contributed by atoms with van der Waals surface area (Å²) in [6.07, 6.45) is 1.39. The minimum atomic E-state index is -0.457. The van der Waals surface area contributed by atoms with Gasteiger partial charge in [-0.3, -0.25) is 0 Å². The van der Waals surface area contributed by atoms with Crippen LogP contribution in [0.4, 0.5) is 0 Å². The maximum atomic E-state index is 9.69. The minimum Gasteiger partial charge on any atom is -0.387 e. The van der Waals surface area contributed by atoms with E-state index in [2.05, 4.69) is 19.1 Å². The van der Waals surface area contributed by atoms with Crippen LogP contribution in [0.3, 0.4) is 0 Å². The minimum absolute atomic E-state index is 0.109. The van der Waals surface area contributed by atoms with E-state index in [4.69, 9.17) is 5.73 Å². The lowest BCUT2D eigenvalue weighted by atomic mass is 10.0. The third-order valence-corrected chi connectivity index (χ3v) is 2.80. The van der Waals surface area contributed by atoms with Gasteiger partial charge in [-0.1, -0.05) is 25.1 Å². The van der Waals surface area contributed by atoms with Crippen molar-refractivity contribution in [1.29, 1.82) is 0 Å². The van der Waals surface area contributed by atoms with E-state index >= 15 is 0 Å². The summed E-state index contributed by atoms with van der Waals surface area (Å²) < 4.78 is 0. The predicted molar refractivity (Wildman–Crippen MR) is 52.5 cm³/mol. The average molecular weight is 177 g/mol. The topological polar surface area (TPSA) is 46.2 Å². The lowest BCUT2D eigenvalue weighted by molar-refractivity contribution is 0.159. The smallest absolute Gasteiger partial charge is 0.0946 e. The van der Waals surface area contributed by atoms with Crippen LogP contribution in [-0.2, 0) is 12.8 Å². The van der Waals surface area contributed by atoms with Crippen molar-refractivity contribution >= 4 is 0 Å². The summed E-state index contributed by atoms with van der Waals surface area (Å²) in [5, 5.41) is 9.69. The van der Waals surface area contributed by atoms with Crippen molar-refractivity contribution in [3.63, 3.8) is 0 Å². The first kappa shape index (κ1) is 8.73. The zero-order chi connectivity index (χ0) is 9.42. The molecule has 1 aromatic carbocycles. The molecular formula is C11H15NO. The first-order valence-electron chi connectivity index (χ1n) is 4.77. The van der Waals surface area contributed by atoms with Gasteiger partial charge in [-0.15, -0.1) is 0 Å². The highest BCUT2D eigenvalue weighted by Crippen LogP contribution is 2.30. The van der Waals surface area contributed by atoms with Crippen LogP contribution in [0.1, 0.15) is 29.7 Å². The van der Waals surface area contributed by atoms with Gasteiger partial charge in [-0.05, 0) is 29.5 Å². The van der Waals surface area contributed by atoms with Crippen molar-refractivity contribution in [2.24, 2.45) is 5.73 Å². The predicted octanol–water partition coefficient (Wildman–Crippen LogP) is 1.17. The van der Waals surface area contributed by atoms with E-state index in [1.807, 2.05) is 6.07 Å². The summed E-state index contributed by atoms with van der Waals surface area (Å²) in [7, 11) is 0. The number of hydrogen-bond donors (Lipinski definition) is 2. The second kappa shape index (κ2) is 3.13. The van der Waals surface area contributed by atoms with Crippen molar-refractivity contribution in [2.75, 3.05) is 0 Å². The molecule has 3 N–H and O–H groups in total. The Hall–Kier alpha value is -0.860. The van der Waals surface area contributed by atoms with Gasteiger partial charge in [0.1, 0.15) is 0 Å². The number of aryl methyl sites for hydroxylation is 1. The van der Waals surface area contributed by atoms with Crippen LogP contribution in [0.2, 0.25) is 0 Å². The molecule has 2 heteroatoms. The third kappa shape index (κ3) is 1.36. The molecule has 0 saturated heterocycles. The van der Waals surface area contributed by atoms with Crippen LogP contribution in [0.25, 0.3) is 0 Å². The van der Waals surface area contributed by atoms with Gasteiger partial charge in [0, 0.05) is 6.04 Å². The van der Waals surface area contributed by atoms with Gasteiger partial charge in [0.25, 0.3) is 0 Å². The summed E-state index contributed by atoms with van der Waals surface area (Å²) in [6, 6.07) is 6.12. The third-order valence-electron chi connectivity index (χ3n) is 2.80. The molecule has 0 radical (unpaired) electrons. The highest BCUT2D eigenvalue weighted by Gasteiger charge is 2.27. The van der Waals surface area contributed by atoms with E-state index in [0.29, 0.717) is 0 Å². The molecule has 0 aromatic heterocycles. The SMILES string of the molecule is CCc1ccc2c(c1)CC(N)C2O. The molecule has 2 unspecified atom stereocenters. The van der Waals surface area contributed by atoms with Crippen molar-refractivity contribution in [3.05, 3.63) is 34.9 Å². The van der Waals surface area contributed by atoms with E-state index in [9.17, 15) is 5.11 Å². The van der Waals surface area contributed by atoms with E-state index in [1.54, 1.807) is 0 Å². The summed E-state index contributed by atoms with van der Waals surface area (Å²) >= 11 is 0. The fraction of sp³-hybridized carbons (Fsp3) is 0.455. The van der Waals surface area contributed by atoms with Crippen LogP contribution < -0.4 is 5.73 Å². The molecule has 0 saturated carbocycles. The Morgan fingerprint density at radius 1 is 1.54 bits per heavy atom. The van der Waals surface area contributed by atoms with Crippen LogP contribution in [0.5, 0.6) is 0 Å². The lowest BCUT2D eigenvalue weighted by Gasteiger charge is -2.08. The number of fused-ring (bicyclic) bond motifs is 1. The first-order chi connectivity index (χ1) is 6.22. The van der Waals surface area contributed by atoms with Gasteiger partial charge in [0.15, 0.2) is 0 Å². The lowest BCUT2D eigenvalue weighted by Crippen LogP contribution is -2.24. The summed E-state index contributed by atoms with van der Waals surface area (Å²) in [5.74, 6) is 0. The molecule has 0 heterocycles. The van der Waals surface area contributed by atoms with Crippen LogP contribution in [0, 0.1) is 0 Å². The van der Waals surface area contributed by atoms with E-state index in [1.165, 1.54) is 11.1 Å². The number of aliphatic hydroxyl groups is 1. The Balaban J connectivity index is 2.40. The van der Waals surface area contributed by atoms with E-state index in [-0.39, 0.29) is 6.04 Å². The Bertz CT molecular complexity index is 322. The summed E-state index contributed by atoms with van der Waals surface area (Å²) in [5.41, 5.74) is 9.33. The van der Waals surface area contributed by atoms with Gasteiger partial charge >= 0.3 is 0 Å². The highest BCUT2D eigenvalue weighted by molar-refractivity contribution is 5.39. The second-order valence-corrected chi connectivity index (χ2v) is 3.70. The highest BCUT2D eigenvalue weighted by atomic mass is 16.3. The van der Waals surface area contributed by atoms with Gasteiger partial charge in [-0.25, -0.2) is 0 Å². The molecule has 0 amide bonds. The zero-order valence-corrected chi connectivity index (χ0v) is 7.83. The van der Waals surface area contributed by atoms with E-state index < -0.39 is 6.10 Å². The van der Waals surface area contributed by atoms with Crippen molar-refractivity contribution in [3.8, 4) is 0 Å². The molecule has 0 spiro atoms. The first-order valence-corrected chi connectivity index (χ1v) is 4.77. The monoisotopic (exact) mass is 177 g/mol. The normalized spacial score (nSPS) is 26.1. The quantitative estimate of drug-likeness (QED) is 0.676. The van der Waals surface area contributed by atoms with Gasteiger partial charge < -0.3 is 10.8 Å².